The third-order valence-electron chi connectivity index (χ3n) is 7.87. The van der Waals surface area contributed by atoms with Crippen LogP contribution in [0.2, 0.25) is 0 Å². The normalized spacial score (nSPS) is 17.8. The van der Waals surface area contributed by atoms with Gasteiger partial charge < -0.3 is 14.7 Å². The number of methoxy groups -OCH3 is 1. The summed E-state index contributed by atoms with van der Waals surface area (Å²) in [5, 5.41) is 11.5. The van der Waals surface area contributed by atoms with Gasteiger partial charge in [-0.2, -0.15) is 0 Å². The highest BCUT2D eigenvalue weighted by Gasteiger charge is 2.41. The zero-order valence-corrected chi connectivity index (χ0v) is 24.2. The van der Waals surface area contributed by atoms with Crippen molar-refractivity contribution >= 4 is 35.5 Å². The maximum Gasteiger partial charge on any atom is 0.329 e. The number of piperazine rings is 1. The maximum atomic E-state index is 14.3. The van der Waals surface area contributed by atoms with Gasteiger partial charge in [-0.1, -0.05) is 88.1 Å². The van der Waals surface area contributed by atoms with E-state index >= 15 is 0 Å². The number of carbonyl (C=O) groups is 2. The van der Waals surface area contributed by atoms with Crippen LogP contribution in [0.1, 0.15) is 63.5 Å². The number of esters is 1. The van der Waals surface area contributed by atoms with E-state index in [9.17, 15) is 14.7 Å². The number of anilines is 2. The summed E-state index contributed by atoms with van der Waals surface area (Å²) in [5.41, 5.74) is 3.37. The van der Waals surface area contributed by atoms with Crippen LogP contribution in [0.3, 0.4) is 0 Å². The van der Waals surface area contributed by atoms with Crippen LogP contribution in [0, 0.1) is 0 Å². The van der Waals surface area contributed by atoms with E-state index in [0.29, 0.717) is 13.1 Å². The average Bonchev–Trinajstić information content (AvgIpc) is 3.16. The van der Waals surface area contributed by atoms with Crippen molar-refractivity contribution in [3.63, 3.8) is 0 Å². The standard InChI is InChI=1S/C32H44N4O4/c1-4-6-12-20-33(21-13-7-5-2)31(38)34-22-23-35(29(24-34)30(37)40-3)32(39)36-27-16-10-8-14-25(27)18-19-26-15-9-11-17-28(26)36/h8-11,14-19,29,31,38H,4-7,12-13,20-24H2,1-3H3/t29-,31?/m0/s1. The fraction of sp³-hybridized carbons (Fsp3) is 0.500. The summed E-state index contributed by atoms with van der Waals surface area (Å²) in [6, 6.07) is 14.4. The molecule has 1 saturated heterocycles. The van der Waals surface area contributed by atoms with Crippen LogP contribution >= 0.6 is 0 Å². The van der Waals surface area contributed by atoms with E-state index in [1.54, 1.807) is 9.80 Å². The van der Waals surface area contributed by atoms with Gasteiger partial charge in [-0.25, -0.2) is 9.59 Å². The number of para-hydroxylation sites is 2. The van der Waals surface area contributed by atoms with Gasteiger partial charge >= 0.3 is 12.0 Å². The van der Waals surface area contributed by atoms with E-state index in [0.717, 1.165) is 74.1 Å². The van der Waals surface area contributed by atoms with Crippen molar-refractivity contribution in [1.29, 1.82) is 0 Å². The molecule has 1 N–H and O–H groups in total. The second-order valence-electron chi connectivity index (χ2n) is 10.6. The molecule has 40 heavy (non-hydrogen) atoms. The first-order valence-electron chi connectivity index (χ1n) is 14.7. The molecule has 8 nitrogen and oxygen atoms in total. The monoisotopic (exact) mass is 548 g/mol. The number of aliphatic hydroxyl groups is 1. The van der Waals surface area contributed by atoms with Crippen LogP contribution in [-0.2, 0) is 9.53 Å². The van der Waals surface area contributed by atoms with Gasteiger partial charge in [0, 0.05) is 32.7 Å². The van der Waals surface area contributed by atoms with Gasteiger partial charge in [-0.3, -0.25) is 14.7 Å². The number of ether oxygens (including phenoxy) is 1. The molecule has 2 amide bonds. The van der Waals surface area contributed by atoms with Crippen molar-refractivity contribution in [3.8, 4) is 0 Å². The Morgan fingerprint density at radius 1 is 0.900 bits per heavy atom. The summed E-state index contributed by atoms with van der Waals surface area (Å²) in [5.74, 6) is -0.483. The molecular weight excluding hydrogens is 504 g/mol. The third kappa shape index (κ3) is 6.74. The van der Waals surface area contributed by atoms with Crippen molar-refractivity contribution in [2.24, 2.45) is 0 Å². The second kappa shape index (κ2) is 14.4. The van der Waals surface area contributed by atoms with E-state index in [-0.39, 0.29) is 12.6 Å². The fourth-order valence-electron chi connectivity index (χ4n) is 5.59. The van der Waals surface area contributed by atoms with E-state index in [1.165, 1.54) is 7.11 Å². The molecule has 0 radical (unpaired) electrons. The topological polar surface area (TPSA) is 76.6 Å². The molecule has 0 aromatic heterocycles. The number of benzene rings is 2. The van der Waals surface area contributed by atoms with Gasteiger partial charge in [0.1, 0.15) is 6.04 Å². The first-order valence-corrected chi connectivity index (χ1v) is 14.7. The van der Waals surface area contributed by atoms with Crippen molar-refractivity contribution in [2.75, 3.05) is 44.7 Å². The summed E-state index contributed by atoms with van der Waals surface area (Å²) >= 11 is 0. The number of aliphatic hydroxyl groups excluding tert-OH is 1. The highest BCUT2D eigenvalue weighted by Crippen LogP contribution is 2.37. The molecule has 1 unspecified atom stereocenters. The lowest BCUT2D eigenvalue weighted by Crippen LogP contribution is -2.64. The number of hydrogen-bond donors (Lipinski definition) is 1. The number of urea groups is 1. The number of carbonyl (C=O) groups excluding carboxylic acids is 2. The summed E-state index contributed by atoms with van der Waals surface area (Å²) < 4.78 is 5.18. The molecule has 0 spiro atoms. The molecule has 0 bridgehead atoms. The quantitative estimate of drug-likeness (QED) is 0.226. The number of amides is 2. The smallest absolute Gasteiger partial charge is 0.329 e. The Bertz CT molecular complexity index is 1110. The molecule has 2 aromatic rings. The van der Waals surface area contributed by atoms with Crippen LogP contribution in [0.25, 0.3) is 12.2 Å². The van der Waals surface area contributed by atoms with Crippen LogP contribution in [0.4, 0.5) is 16.2 Å². The summed E-state index contributed by atoms with van der Waals surface area (Å²) in [7, 11) is 1.35. The minimum absolute atomic E-state index is 0.201. The molecular formula is C32H44N4O4. The van der Waals surface area contributed by atoms with Crippen LogP contribution in [0.5, 0.6) is 0 Å². The molecule has 2 atom stereocenters. The number of unbranched alkanes of at least 4 members (excludes halogenated alkanes) is 4. The molecule has 0 aliphatic carbocycles. The van der Waals surface area contributed by atoms with Crippen molar-refractivity contribution < 1.29 is 19.4 Å². The summed E-state index contributed by atoms with van der Waals surface area (Å²) in [6.07, 6.45) is 9.68. The van der Waals surface area contributed by atoms with Gasteiger partial charge in [-0.15, -0.1) is 0 Å². The lowest BCUT2D eigenvalue weighted by atomic mass is 10.1. The van der Waals surface area contributed by atoms with Gasteiger partial charge in [0.05, 0.1) is 18.5 Å². The van der Waals surface area contributed by atoms with E-state index in [2.05, 4.69) is 18.7 Å². The molecule has 2 aliphatic heterocycles. The first kappa shape index (κ1) is 29.8. The zero-order chi connectivity index (χ0) is 28.5. The first-order chi connectivity index (χ1) is 19.5. The highest BCUT2D eigenvalue weighted by atomic mass is 16.5. The third-order valence-corrected chi connectivity index (χ3v) is 7.87. The molecule has 216 valence electrons. The number of nitrogens with zero attached hydrogens (tertiary/aromatic N) is 4. The second-order valence-corrected chi connectivity index (χ2v) is 10.6. The van der Waals surface area contributed by atoms with E-state index in [4.69, 9.17) is 4.74 Å². The van der Waals surface area contributed by atoms with Gasteiger partial charge in [0.15, 0.2) is 6.35 Å². The minimum atomic E-state index is -0.843. The van der Waals surface area contributed by atoms with Crippen molar-refractivity contribution in [3.05, 3.63) is 59.7 Å². The molecule has 1 fully saturated rings. The Morgan fingerprint density at radius 2 is 1.45 bits per heavy atom. The summed E-state index contributed by atoms with van der Waals surface area (Å²) in [6.45, 7) is 6.89. The predicted molar refractivity (Wildman–Crippen MR) is 160 cm³/mol. The predicted octanol–water partition coefficient (Wildman–Crippen LogP) is 5.55. The Hall–Kier alpha value is -3.20. The van der Waals surface area contributed by atoms with Crippen LogP contribution in [0.15, 0.2) is 48.5 Å². The number of hydrogen-bond acceptors (Lipinski definition) is 6. The number of fused-ring (bicyclic) bond motifs is 2. The van der Waals surface area contributed by atoms with E-state index in [1.807, 2.05) is 65.6 Å². The number of rotatable bonds is 11. The largest absolute Gasteiger partial charge is 0.467 e. The molecule has 2 heterocycles. The van der Waals surface area contributed by atoms with Crippen LogP contribution in [-0.4, -0.2) is 84.0 Å². The molecule has 2 aliphatic rings. The SMILES string of the molecule is CCCCCN(CCCCC)C(O)N1CCN(C(=O)N2c3ccccc3C=Cc3ccccc32)[C@H](C(=O)OC)C1. The van der Waals surface area contributed by atoms with E-state index < -0.39 is 18.4 Å². The molecule has 2 aromatic carbocycles. The molecule has 0 saturated carbocycles. The molecule has 4 rings (SSSR count). The van der Waals surface area contributed by atoms with Crippen LogP contribution < -0.4 is 4.90 Å². The maximum absolute atomic E-state index is 14.3. The van der Waals surface area contributed by atoms with Gasteiger partial charge in [-0.05, 0) is 36.1 Å². The Kier molecular flexibility index (Phi) is 10.7. The lowest BCUT2D eigenvalue weighted by molar-refractivity contribution is -0.158. The minimum Gasteiger partial charge on any atom is -0.467 e. The fourth-order valence-corrected chi connectivity index (χ4v) is 5.59. The molecule has 8 heteroatoms. The van der Waals surface area contributed by atoms with Crippen molar-refractivity contribution in [1.82, 2.24) is 14.7 Å². The Morgan fingerprint density at radius 3 is 1.98 bits per heavy atom. The van der Waals surface area contributed by atoms with Crippen molar-refractivity contribution in [2.45, 2.75) is 64.8 Å². The van der Waals surface area contributed by atoms with Gasteiger partial charge in [0.2, 0.25) is 0 Å². The van der Waals surface area contributed by atoms with Gasteiger partial charge in [0.25, 0.3) is 0 Å². The lowest BCUT2D eigenvalue weighted by Gasteiger charge is -2.45. The Labute approximate surface area is 238 Å². The summed E-state index contributed by atoms with van der Waals surface area (Å²) in [4.78, 5) is 34.8. The Balaban J connectivity index is 1.59. The average molecular weight is 549 g/mol. The zero-order valence-electron chi connectivity index (χ0n) is 24.2. The highest BCUT2D eigenvalue weighted by molar-refractivity contribution is 6.06.